The lowest BCUT2D eigenvalue weighted by Crippen LogP contribution is -2.42. The monoisotopic (exact) mass is 196 g/mol. The standard InChI is InChI=1S/C5H8O4S2/c6-3(7)5(1-10,2-11)4(8)9/h10-11H,1-2H2,(H,6,7)(H,8,9). The van der Waals surface area contributed by atoms with E-state index in [0.29, 0.717) is 0 Å². The molecule has 0 atom stereocenters. The maximum atomic E-state index is 10.4. The van der Waals surface area contributed by atoms with Crippen molar-refractivity contribution in [2.75, 3.05) is 11.5 Å². The second-order valence-electron chi connectivity index (χ2n) is 2.01. The Morgan fingerprint density at radius 3 is 1.36 bits per heavy atom. The van der Waals surface area contributed by atoms with Gasteiger partial charge in [0, 0.05) is 11.5 Å². The molecule has 0 bridgehead atoms. The second-order valence-corrected chi connectivity index (χ2v) is 2.64. The Bertz CT molecular complexity index is 159. The molecule has 0 radical (unpaired) electrons. The average Bonchev–Trinajstić information content (AvgIpc) is 1.90. The van der Waals surface area contributed by atoms with Crippen LogP contribution in [0.3, 0.4) is 0 Å². The van der Waals surface area contributed by atoms with Gasteiger partial charge in [-0.3, -0.25) is 9.59 Å². The predicted octanol–water partition coefficient (Wildman–Crippen LogP) is 0.00160. The summed E-state index contributed by atoms with van der Waals surface area (Å²) < 4.78 is 0. The lowest BCUT2D eigenvalue weighted by Gasteiger charge is -2.19. The van der Waals surface area contributed by atoms with Gasteiger partial charge in [-0.15, -0.1) is 0 Å². The van der Waals surface area contributed by atoms with Gasteiger partial charge in [-0.1, -0.05) is 0 Å². The molecule has 0 aromatic carbocycles. The van der Waals surface area contributed by atoms with Gasteiger partial charge in [0.25, 0.3) is 0 Å². The Hall–Kier alpha value is -0.360. The summed E-state index contributed by atoms with van der Waals surface area (Å²) in [5.41, 5.74) is -1.85. The number of hydrogen-bond acceptors (Lipinski definition) is 4. The van der Waals surface area contributed by atoms with Crippen LogP contribution in [0.2, 0.25) is 0 Å². The second kappa shape index (κ2) is 3.87. The van der Waals surface area contributed by atoms with Crippen LogP contribution >= 0.6 is 25.3 Å². The highest BCUT2D eigenvalue weighted by molar-refractivity contribution is 7.81. The van der Waals surface area contributed by atoms with E-state index in [-0.39, 0.29) is 11.5 Å². The van der Waals surface area contributed by atoms with Crippen molar-refractivity contribution in [3.8, 4) is 0 Å². The first-order valence-corrected chi connectivity index (χ1v) is 3.96. The molecule has 0 aliphatic carbocycles. The Morgan fingerprint density at radius 2 is 1.36 bits per heavy atom. The maximum absolute atomic E-state index is 10.4. The summed E-state index contributed by atoms with van der Waals surface area (Å²) in [6.45, 7) is 0. The normalized spacial score (nSPS) is 11.1. The third kappa shape index (κ3) is 1.81. The smallest absolute Gasteiger partial charge is 0.322 e. The minimum atomic E-state index is -1.85. The van der Waals surface area contributed by atoms with Gasteiger partial charge < -0.3 is 10.2 Å². The Balaban J connectivity index is 4.76. The third-order valence-corrected chi connectivity index (χ3v) is 2.44. The molecule has 0 aliphatic rings. The summed E-state index contributed by atoms with van der Waals surface area (Å²) in [4.78, 5) is 20.9. The summed E-state index contributed by atoms with van der Waals surface area (Å²) in [7, 11) is 0. The summed E-state index contributed by atoms with van der Waals surface area (Å²) in [6, 6.07) is 0. The molecule has 0 saturated heterocycles. The SMILES string of the molecule is O=C(O)C(CS)(CS)C(=O)O. The molecular formula is C5H8O4S2. The van der Waals surface area contributed by atoms with Crippen LogP contribution < -0.4 is 0 Å². The summed E-state index contributed by atoms with van der Waals surface area (Å²) in [5.74, 6) is -3.34. The van der Waals surface area contributed by atoms with E-state index >= 15 is 0 Å². The molecule has 0 fully saturated rings. The van der Waals surface area contributed by atoms with Gasteiger partial charge in [0.05, 0.1) is 0 Å². The Kier molecular flexibility index (Phi) is 3.74. The zero-order valence-electron chi connectivity index (χ0n) is 5.52. The van der Waals surface area contributed by atoms with Crippen molar-refractivity contribution in [3.05, 3.63) is 0 Å². The number of carboxylic acid groups (broad SMARTS) is 2. The fourth-order valence-corrected chi connectivity index (χ4v) is 1.35. The molecule has 11 heavy (non-hydrogen) atoms. The van der Waals surface area contributed by atoms with Gasteiger partial charge in [0.2, 0.25) is 0 Å². The van der Waals surface area contributed by atoms with Crippen molar-refractivity contribution < 1.29 is 19.8 Å². The molecule has 6 heteroatoms. The average molecular weight is 196 g/mol. The van der Waals surface area contributed by atoms with Crippen molar-refractivity contribution >= 4 is 37.2 Å². The first kappa shape index (κ1) is 10.6. The molecule has 0 aromatic heterocycles. The van der Waals surface area contributed by atoms with Crippen LogP contribution in [0.4, 0.5) is 0 Å². The molecule has 4 nitrogen and oxygen atoms in total. The first-order valence-electron chi connectivity index (χ1n) is 2.70. The highest BCUT2D eigenvalue weighted by Gasteiger charge is 2.44. The fourth-order valence-electron chi connectivity index (χ4n) is 0.412. The van der Waals surface area contributed by atoms with E-state index in [2.05, 4.69) is 25.3 Å². The highest BCUT2D eigenvalue weighted by Crippen LogP contribution is 2.21. The van der Waals surface area contributed by atoms with Gasteiger partial charge in [0.15, 0.2) is 5.41 Å². The van der Waals surface area contributed by atoms with Crippen LogP contribution in [0, 0.1) is 5.41 Å². The summed E-state index contributed by atoms with van der Waals surface area (Å²) in [6.07, 6.45) is 0. The Morgan fingerprint density at radius 1 is 1.09 bits per heavy atom. The molecule has 0 spiro atoms. The van der Waals surface area contributed by atoms with Gasteiger partial charge in [-0.05, 0) is 0 Å². The third-order valence-electron chi connectivity index (χ3n) is 1.36. The number of rotatable bonds is 4. The van der Waals surface area contributed by atoms with Crippen LogP contribution in [0.25, 0.3) is 0 Å². The van der Waals surface area contributed by atoms with Gasteiger partial charge in [-0.25, -0.2) is 0 Å². The maximum Gasteiger partial charge on any atom is 0.322 e. The van der Waals surface area contributed by atoms with Gasteiger partial charge in [0.1, 0.15) is 0 Å². The zero-order valence-corrected chi connectivity index (χ0v) is 7.31. The van der Waals surface area contributed by atoms with Crippen LogP contribution in [-0.4, -0.2) is 33.7 Å². The Labute approximate surface area is 74.4 Å². The van der Waals surface area contributed by atoms with Crippen LogP contribution in [0.1, 0.15) is 0 Å². The van der Waals surface area contributed by atoms with Crippen molar-refractivity contribution in [2.45, 2.75) is 0 Å². The van der Waals surface area contributed by atoms with Gasteiger partial charge >= 0.3 is 11.9 Å². The summed E-state index contributed by atoms with van der Waals surface area (Å²) in [5, 5.41) is 17.0. The van der Waals surface area contributed by atoms with E-state index in [1.54, 1.807) is 0 Å². The molecule has 0 saturated carbocycles. The van der Waals surface area contributed by atoms with Crippen LogP contribution in [0.5, 0.6) is 0 Å². The topological polar surface area (TPSA) is 74.6 Å². The van der Waals surface area contributed by atoms with E-state index in [4.69, 9.17) is 10.2 Å². The fraction of sp³-hybridized carbons (Fsp3) is 0.600. The van der Waals surface area contributed by atoms with E-state index in [1.165, 1.54) is 0 Å². The largest absolute Gasteiger partial charge is 0.480 e. The highest BCUT2D eigenvalue weighted by atomic mass is 32.1. The van der Waals surface area contributed by atoms with Crippen molar-refractivity contribution in [2.24, 2.45) is 5.41 Å². The molecule has 64 valence electrons. The van der Waals surface area contributed by atoms with Crippen LogP contribution in [-0.2, 0) is 9.59 Å². The molecule has 0 amide bonds. The van der Waals surface area contributed by atoms with Gasteiger partial charge in [-0.2, -0.15) is 25.3 Å². The number of carboxylic acids is 2. The van der Waals surface area contributed by atoms with Crippen molar-refractivity contribution in [1.82, 2.24) is 0 Å². The van der Waals surface area contributed by atoms with E-state index < -0.39 is 17.4 Å². The van der Waals surface area contributed by atoms with Crippen LogP contribution in [0.15, 0.2) is 0 Å². The lowest BCUT2D eigenvalue weighted by molar-refractivity contribution is -0.160. The van der Waals surface area contributed by atoms with E-state index in [0.717, 1.165) is 0 Å². The molecular weight excluding hydrogens is 188 g/mol. The summed E-state index contributed by atoms with van der Waals surface area (Å²) >= 11 is 7.30. The lowest BCUT2D eigenvalue weighted by atomic mass is 9.94. The van der Waals surface area contributed by atoms with E-state index in [9.17, 15) is 9.59 Å². The van der Waals surface area contributed by atoms with Crippen molar-refractivity contribution in [1.29, 1.82) is 0 Å². The minimum absolute atomic E-state index is 0.263. The quantitative estimate of drug-likeness (QED) is 0.377. The number of carbonyl (C=O) groups is 2. The molecule has 0 aliphatic heterocycles. The molecule has 0 rings (SSSR count). The van der Waals surface area contributed by atoms with E-state index in [1.807, 2.05) is 0 Å². The minimum Gasteiger partial charge on any atom is -0.480 e. The number of hydrogen-bond donors (Lipinski definition) is 4. The molecule has 0 heterocycles. The zero-order chi connectivity index (χ0) is 9.07. The number of aliphatic carboxylic acids is 2. The predicted molar refractivity (Wildman–Crippen MR) is 45.4 cm³/mol. The molecule has 0 aromatic rings. The first-order chi connectivity index (χ1) is 5.01. The molecule has 0 unspecified atom stereocenters. The molecule has 2 N–H and O–H groups in total. The van der Waals surface area contributed by atoms with Crippen molar-refractivity contribution in [3.63, 3.8) is 0 Å². The number of thiol groups is 2.